The second-order valence-corrected chi connectivity index (χ2v) is 11.6. The van der Waals surface area contributed by atoms with Crippen LogP contribution in [0.4, 0.5) is 10.3 Å². The number of anilines is 1. The van der Waals surface area contributed by atoms with Crippen molar-refractivity contribution >= 4 is 28.5 Å². The van der Waals surface area contributed by atoms with Crippen LogP contribution in [-0.2, 0) is 15.1 Å². The zero-order valence-electron chi connectivity index (χ0n) is 21.5. The summed E-state index contributed by atoms with van der Waals surface area (Å²) < 4.78 is 26.4. The van der Waals surface area contributed by atoms with Gasteiger partial charge in [0, 0.05) is 42.5 Å². The van der Waals surface area contributed by atoms with E-state index in [9.17, 15) is 10.2 Å². The lowest BCUT2D eigenvalue weighted by Crippen LogP contribution is -2.42. The molecule has 6 rings (SSSR count). The van der Waals surface area contributed by atoms with Crippen molar-refractivity contribution in [3.63, 3.8) is 0 Å². The third-order valence-electron chi connectivity index (χ3n) is 8.23. The number of pyridine rings is 1. The predicted molar refractivity (Wildman–Crippen MR) is 142 cm³/mol. The maximum Gasteiger partial charge on any atom is 0.223 e. The van der Waals surface area contributed by atoms with E-state index < -0.39 is 17.5 Å². The Bertz CT molecular complexity index is 1360. The maximum absolute atomic E-state index is 15.5. The number of aliphatic hydroxyl groups excluding tert-OH is 1. The normalized spacial score (nSPS) is 29.2. The first-order valence-electron chi connectivity index (χ1n) is 13.2. The van der Waals surface area contributed by atoms with Gasteiger partial charge in [-0.25, -0.2) is 14.4 Å². The number of nitrogens with one attached hydrogen (secondary N) is 1. The van der Waals surface area contributed by atoms with Gasteiger partial charge in [-0.05, 0) is 54.7 Å². The average molecular weight is 543 g/mol. The summed E-state index contributed by atoms with van der Waals surface area (Å²) in [5.41, 5.74) is 1.73. The lowest BCUT2D eigenvalue weighted by molar-refractivity contribution is -0.0136. The third-order valence-corrected chi connectivity index (χ3v) is 8.51. The number of hydrogen-bond acceptors (Lipinski definition) is 8. The fourth-order valence-corrected chi connectivity index (χ4v) is 6.57. The molecule has 0 amide bonds. The summed E-state index contributed by atoms with van der Waals surface area (Å²) in [6.07, 6.45) is 4.27. The van der Waals surface area contributed by atoms with E-state index in [1.165, 1.54) is 12.3 Å². The number of nitrogens with zero attached hydrogens (tertiary/aromatic N) is 3. The molecule has 0 spiro atoms. The second-order valence-electron chi connectivity index (χ2n) is 11.2. The molecule has 10 heteroatoms. The predicted octanol–water partition coefficient (Wildman–Crippen LogP) is 4.41. The molecule has 2 saturated heterocycles. The molecule has 0 bridgehead atoms. The van der Waals surface area contributed by atoms with Crippen molar-refractivity contribution < 1.29 is 24.1 Å². The van der Waals surface area contributed by atoms with Gasteiger partial charge in [-0.1, -0.05) is 25.4 Å². The molecular formula is C28H32ClFN4O4. The summed E-state index contributed by atoms with van der Waals surface area (Å²) in [4.78, 5) is 13.3. The number of hydrogen-bond donors (Lipinski definition) is 3. The molecule has 3 aromatic rings. The Morgan fingerprint density at radius 2 is 1.87 bits per heavy atom. The smallest absolute Gasteiger partial charge is 0.223 e. The van der Waals surface area contributed by atoms with Crippen molar-refractivity contribution in [1.82, 2.24) is 15.0 Å². The van der Waals surface area contributed by atoms with E-state index in [1.807, 2.05) is 19.9 Å². The zero-order chi connectivity index (χ0) is 26.6. The van der Waals surface area contributed by atoms with Gasteiger partial charge in [-0.15, -0.1) is 0 Å². The largest absolute Gasteiger partial charge is 0.389 e. The minimum atomic E-state index is -1.03. The van der Waals surface area contributed by atoms with Gasteiger partial charge in [0.1, 0.15) is 11.3 Å². The van der Waals surface area contributed by atoms with Crippen molar-refractivity contribution in [2.75, 3.05) is 31.7 Å². The van der Waals surface area contributed by atoms with Gasteiger partial charge in [-0.3, -0.25) is 4.98 Å². The van der Waals surface area contributed by atoms with Crippen LogP contribution in [0.3, 0.4) is 0 Å². The maximum atomic E-state index is 15.5. The van der Waals surface area contributed by atoms with Gasteiger partial charge in [0.2, 0.25) is 5.95 Å². The molecule has 1 aromatic carbocycles. The summed E-state index contributed by atoms with van der Waals surface area (Å²) in [6, 6.07) is 2.97. The van der Waals surface area contributed by atoms with E-state index >= 15 is 4.39 Å². The number of aliphatic hydroxyl groups is 2. The van der Waals surface area contributed by atoms with E-state index in [-0.39, 0.29) is 29.1 Å². The number of rotatable bonds is 5. The molecule has 3 N–H and O–H groups in total. The number of ether oxygens (including phenoxy) is 2. The SMILES string of the molecule is CC(C)c1c(C2(O)C[C@H]3COC[C@H]3C2)cnc2c(F)cc(-c3nc(N[C@@H]4CCOC[C@H]4O)ncc3Cl)cc12. The van der Waals surface area contributed by atoms with Crippen molar-refractivity contribution in [2.45, 2.75) is 56.8 Å². The van der Waals surface area contributed by atoms with E-state index in [0.717, 1.165) is 11.1 Å². The minimum absolute atomic E-state index is 0.0129. The van der Waals surface area contributed by atoms with Crippen LogP contribution in [0.15, 0.2) is 24.5 Å². The standard InChI is InChI=1S/C28H32ClFN4O4/c1-14(2)24-18-5-15(25-20(29)10-32-27(34-25)33-22-3-4-37-13-23(22)35)6-21(30)26(18)31-9-19(24)28(36)7-16-11-38-12-17(16)8-28/h5-6,9-10,14,16-17,22-23,35-36H,3-4,7-8,11-13H2,1-2H3,(H,32,33,34)/t16-,17+,22-,23-,28?/m1/s1. The summed E-state index contributed by atoms with van der Waals surface area (Å²) in [7, 11) is 0. The molecular weight excluding hydrogens is 511 g/mol. The fraction of sp³-hybridized carbons (Fsp3) is 0.536. The molecule has 8 nitrogen and oxygen atoms in total. The Balaban J connectivity index is 1.43. The van der Waals surface area contributed by atoms with Crippen LogP contribution in [0.2, 0.25) is 5.02 Å². The fourth-order valence-electron chi connectivity index (χ4n) is 6.37. The van der Waals surface area contributed by atoms with Crippen molar-refractivity contribution in [3.05, 3.63) is 46.5 Å². The zero-order valence-corrected chi connectivity index (χ0v) is 22.2. The topological polar surface area (TPSA) is 110 Å². The molecule has 3 aliphatic rings. The Hall–Kier alpha value is -2.43. The Kier molecular flexibility index (Phi) is 6.76. The van der Waals surface area contributed by atoms with Gasteiger partial charge in [0.15, 0.2) is 0 Å². The molecule has 5 atom stereocenters. The van der Waals surface area contributed by atoms with Gasteiger partial charge >= 0.3 is 0 Å². The summed E-state index contributed by atoms with van der Waals surface area (Å²) in [6.45, 7) is 6.18. The van der Waals surface area contributed by atoms with E-state index in [0.29, 0.717) is 73.5 Å². The molecule has 2 aliphatic heterocycles. The van der Waals surface area contributed by atoms with Gasteiger partial charge < -0.3 is 25.0 Å². The van der Waals surface area contributed by atoms with Crippen LogP contribution in [0, 0.1) is 17.7 Å². The summed E-state index contributed by atoms with van der Waals surface area (Å²) in [5, 5.41) is 26.1. The van der Waals surface area contributed by atoms with Crippen LogP contribution < -0.4 is 5.32 Å². The highest BCUT2D eigenvalue weighted by Crippen LogP contribution is 2.50. The van der Waals surface area contributed by atoms with Crippen LogP contribution >= 0.6 is 11.6 Å². The molecule has 38 heavy (non-hydrogen) atoms. The lowest BCUT2D eigenvalue weighted by Gasteiger charge is -2.29. The summed E-state index contributed by atoms with van der Waals surface area (Å²) >= 11 is 6.51. The van der Waals surface area contributed by atoms with Crippen LogP contribution in [-0.4, -0.2) is 63.7 Å². The first kappa shape index (κ1) is 25.8. The van der Waals surface area contributed by atoms with Gasteiger partial charge in [-0.2, -0.15) is 0 Å². The van der Waals surface area contributed by atoms with Crippen LogP contribution in [0.5, 0.6) is 0 Å². The van der Waals surface area contributed by atoms with Crippen molar-refractivity contribution in [3.8, 4) is 11.3 Å². The quantitative estimate of drug-likeness (QED) is 0.435. The monoisotopic (exact) mass is 542 g/mol. The molecule has 3 fully saturated rings. The number of fused-ring (bicyclic) bond motifs is 2. The lowest BCUT2D eigenvalue weighted by atomic mass is 9.82. The number of aromatic nitrogens is 3. The van der Waals surface area contributed by atoms with E-state index in [1.54, 1.807) is 6.20 Å². The first-order chi connectivity index (χ1) is 18.2. The highest BCUT2D eigenvalue weighted by molar-refractivity contribution is 6.33. The van der Waals surface area contributed by atoms with Crippen LogP contribution in [0.1, 0.15) is 50.2 Å². The highest BCUT2D eigenvalue weighted by Gasteiger charge is 2.49. The van der Waals surface area contributed by atoms with Crippen LogP contribution in [0.25, 0.3) is 22.2 Å². The molecule has 202 valence electrons. The second kappa shape index (κ2) is 9.95. The molecule has 1 saturated carbocycles. The minimum Gasteiger partial charge on any atom is -0.389 e. The molecule has 1 unspecified atom stereocenters. The number of halogens is 2. The third kappa shape index (κ3) is 4.54. The Morgan fingerprint density at radius 1 is 1.11 bits per heavy atom. The molecule has 1 aliphatic carbocycles. The number of benzene rings is 1. The Labute approximate surface area is 225 Å². The van der Waals surface area contributed by atoms with E-state index in [2.05, 4.69) is 20.3 Å². The Morgan fingerprint density at radius 3 is 2.58 bits per heavy atom. The molecule has 0 radical (unpaired) electrons. The highest BCUT2D eigenvalue weighted by atomic mass is 35.5. The van der Waals surface area contributed by atoms with Gasteiger partial charge in [0.05, 0.1) is 41.3 Å². The van der Waals surface area contributed by atoms with Crippen molar-refractivity contribution in [2.24, 2.45) is 11.8 Å². The average Bonchev–Trinajstić information content (AvgIpc) is 3.44. The molecule has 4 heterocycles. The molecule has 2 aromatic heterocycles. The first-order valence-corrected chi connectivity index (χ1v) is 13.6. The summed E-state index contributed by atoms with van der Waals surface area (Å²) in [5.74, 6) is 0.455. The van der Waals surface area contributed by atoms with Crippen molar-refractivity contribution in [1.29, 1.82) is 0 Å². The van der Waals surface area contributed by atoms with Gasteiger partial charge in [0.25, 0.3) is 0 Å². The van der Waals surface area contributed by atoms with E-state index in [4.69, 9.17) is 21.1 Å².